The van der Waals surface area contributed by atoms with Gasteiger partial charge in [0.05, 0.1) is 24.7 Å². The number of aliphatic hydroxyl groups is 1. The summed E-state index contributed by atoms with van der Waals surface area (Å²) in [6.07, 6.45) is 7.84. The van der Waals surface area contributed by atoms with Gasteiger partial charge in [0.1, 0.15) is 5.75 Å². The van der Waals surface area contributed by atoms with Gasteiger partial charge in [0.15, 0.2) is 0 Å². The van der Waals surface area contributed by atoms with Crippen molar-refractivity contribution < 1.29 is 19.4 Å². The summed E-state index contributed by atoms with van der Waals surface area (Å²) >= 11 is 0. The first kappa shape index (κ1) is 24.3. The number of carbonyl (C=O) groups excluding carboxylic acids is 1. The maximum absolute atomic E-state index is 12.3. The Hall–Kier alpha value is -2.33. The van der Waals surface area contributed by atoms with E-state index in [1.165, 1.54) is 0 Å². The van der Waals surface area contributed by atoms with Crippen LogP contribution >= 0.6 is 0 Å². The van der Waals surface area contributed by atoms with E-state index in [4.69, 9.17) is 9.47 Å². The topological polar surface area (TPSA) is 55.8 Å². The first-order valence-electron chi connectivity index (χ1n) is 12.3. The predicted octanol–water partition coefficient (Wildman–Crippen LogP) is 6.64. The van der Waals surface area contributed by atoms with Crippen molar-refractivity contribution in [1.29, 1.82) is 0 Å². The average Bonchev–Trinajstić information content (AvgIpc) is 2.83. The fourth-order valence-corrected chi connectivity index (χ4v) is 4.31. The number of carbonyl (C=O) groups is 1. The summed E-state index contributed by atoms with van der Waals surface area (Å²) in [4.78, 5) is 12.3. The Kier molecular flexibility index (Phi) is 9.16. The third-order valence-electron chi connectivity index (χ3n) is 6.51. The summed E-state index contributed by atoms with van der Waals surface area (Å²) in [6, 6.07) is 16.3. The third kappa shape index (κ3) is 6.59. The summed E-state index contributed by atoms with van der Waals surface area (Å²) < 4.78 is 11.2. The van der Waals surface area contributed by atoms with E-state index in [1.54, 1.807) is 0 Å². The first-order valence-corrected chi connectivity index (χ1v) is 12.3. The van der Waals surface area contributed by atoms with Gasteiger partial charge in [0, 0.05) is 0 Å². The van der Waals surface area contributed by atoms with Gasteiger partial charge in [-0.1, -0.05) is 69.5 Å². The number of ether oxygens (including phenoxy) is 2. The molecule has 0 amide bonds. The smallest absolute Gasteiger partial charge is 0.308 e. The van der Waals surface area contributed by atoms with Crippen LogP contribution in [0.25, 0.3) is 11.1 Å². The lowest BCUT2D eigenvalue weighted by molar-refractivity contribution is -0.152. The lowest BCUT2D eigenvalue weighted by Crippen LogP contribution is -2.34. The van der Waals surface area contributed by atoms with Crippen molar-refractivity contribution in [3.05, 3.63) is 54.1 Å². The number of benzene rings is 2. The number of esters is 1. The fourth-order valence-electron chi connectivity index (χ4n) is 4.31. The van der Waals surface area contributed by atoms with Crippen molar-refractivity contribution in [3.8, 4) is 16.9 Å². The normalized spacial score (nSPS) is 20.7. The molecule has 4 nitrogen and oxygen atoms in total. The summed E-state index contributed by atoms with van der Waals surface area (Å²) in [5, 5.41) is 11.2. The quantitative estimate of drug-likeness (QED) is 0.315. The van der Waals surface area contributed by atoms with Crippen LogP contribution < -0.4 is 4.74 Å². The molecule has 0 aliphatic heterocycles. The van der Waals surface area contributed by atoms with Gasteiger partial charge in [0.25, 0.3) is 0 Å². The van der Waals surface area contributed by atoms with Gasteiger partial charge >= 0.3 is 5.97 Å². The molecule has 1 aliphatic rings. The van der Waals surface area contributed by atoms with E-state index in [1.807, 2.05) is 24.3 Å². The number of hydrogen-bond donors (Lipinski definition) is 1. The molecule has 4 heteroatoms. The maximum Gasteiger partial charge on any atom is 0.308 e. The average molecular weight is 439 g/mol. The van der Waals surface area contributed by atoms with Crippen molar-refractivity contribution in [1.82, 2.24) is 0 Å². The molecule has 1 fully saturated rings. The van der Waals surface area contributed by atoms with Crippen molar-refractivity contribution in [2.24, 2.45) is 5.92 Å². The molecule has 0 aromatic heterocycles. The van der Waals surface area contributed by atoms with E-state index >= 15 is 0 Å². The van der Waals surface area contributed by atoms with E-state index in [9.17, 15) is 9.90 Å². The standard InChI is InChI=1S/C28H38O4/c1-3-5-7-21-32-27(29)24-16-18-28(30,19-17-24)25-12-8-22(9-13-25)23-10-14-26(15-11-23)31-20-6-4-2/h8-15,24,30H,3-7,16-21H2,1-2H3. The SMILES string of the molecule is CCCCCOC(=O)C1CCC(O)(c2ccc(-c3ccc(OCCCC)cc3)cc2)CC1. The van der Waals surface area contributed by atoms with Gasteiger partial charge in [-0.2, -0.15) is 0 Å². The van der Waals surface area contributed by atoms with Crippen molar-refractivity contribution in [2.45, 2.75) is 77.2 Å². The van der Waals surface area contributed by atoms with Crippen LogP contribution in [0.1, 0.15) is 77.2 Å². The molecule has 174 valence electrons. The Balaban J connectivity index is 1.54. The van der Waals surface area contributed by atoms with Crippen molar-refractivity contribution >= 4 is 5.97 Å². The number of hydrogen-bond acceptors (Lipinski definition) is 4. The highest BCUT2D eigenvalue weighted by molar-refractivity contribution is 5.72. The lowest BCUT2D eigenvalue weighted by Gasteiger charge is -2.35. The predicted molar refractivity (Wildman–Crippen MR) is 129 cm³/mol. The molecule has 0 saturated heterocycles. The van der Waals surface area contributed by atoms with Gasteiger partial charge in [-0.15, -0.1) is 0 Å². The van der Waals surface area contributed by atoms with Gasteiger partial charge in [-0.3, -0.25) is 4.79 Å². The van der Waals surface area contributed by atoms with E-state index < -0.39 is 5.60 Å². The van der Waals surface area contributed by atoms with Crippen LogP contribution in [0.5, 0.6) is 5.75 Å². The highest BCUT2D eigenvalue weighted by Gasteiger charge is 2.37. The first-order chi connectivity index (χ1) is 15.6. The largest absolute Gasteiger partial charge is 0.494 e. The number of rotatable bonds is 11. The molecule has 1 aliphatic carbocycles. The summed E-state index contributed by atoms with van der Waals surface area (Å²) in [7, 11) is 0. The summed E-state index contributed by atoms with van der Waals surface area (Å²) in [5.41, 5.74) is 2.30. The Bertz CT molecular complexity index is 818. The lowest BCUT2D eigenvalue weighted by atomic mass is 9.75. The molecule has 32 heavy (non-hydrogen) atoms. The van der Waals surface area contributed by atoms with Gasteiger partial charge in [-0.05, 0) is 67.3 Å². The zero-order valence-electron chi connectivity index (χ0n) is 19.6. The second-order valence-corrected chi connectivity index (χ2v) is 8.98. The second kappa shape index (κ2) is 12.1. The molecular weight excluding hydrogens is 400 g/mol. The molecule has 1 N–H and O–H groups in total. The number of unbranched alkanes of at least 4 members (excludes halogenated alkanes) is 3. The van der Waals surface area contributed by atoms with Crippen molar-refractivity contribution in [3.63, 3.8) is 0 Å². The Morgan fingerprint density at radius 2 is 1.47 bits per heavy atom. The summed E-state index contributed by atoms with van der Waals surface area (Å²) in [6.45, 7) is 5.56. The van der Waals surface area contributed by atoms with Crippen LogP contribution in [0.2, 0.25) is 0 Å². The fraction of sp³-hybridized carbons (Fsp3) is 0.536. The van der Waals surface area contributed by atoms with Crippen molar-refractivity contribution in [2.75, 3.05) is 13.2 Å². The molecule has 2 aromatic carbocycles. The Morgan fingerprint density at radius 1 is 0.875 bits per heavy atom. The molecule has 0 unspecified atom stereocenters. The highest BCUT2D eigenvalue weighted by atomic mass is 16.5. The molecular formula is C28H38O4. The van der Waals surface area contributed by atoms with Crippen LogP contribution in [0.15, 0.2) is 48.5 Å². The van der Waals surface area contributed by atoms with E-state index in [0.717, 1.165) is 61.2 Å². The minimum Gasteiger partial charge on any atom is -0.494 e. The molecule has 0 heterocycles. The van der Waals surface area contributed by atoms with E-state index in [-0.39, 0.29) is 11.9 Å². The molecule has 0 bridgehead atoms. The Morgan fingerprint density at radius 3 is 2.06 bits per heavy atom. The molecule has 3 rings (SSSR count). The highest BCUT2D eigenvalue weighted by Crippen LogP contribution is 2.40. The van der Waals surface area contributed by atoms with Crippen LogP contribution in [0, 0.1) is 5.92 Å². The zero-order valence-corrected chi connectivity index (χ0v) is 19.6. The second-order valence-electron chi connectivity index (χ2n) is 8.98. The van der Waals surface area contributed by atoms with Gasteiger partial charge in [0.2, 0.25) is 0 Å². The molecule has 0 radical (unpaired) electrons. The molecule has 2 aromatic rings. The molecule has 0 atom stereocenters. The minimum absolute atomic E-state index is 0.0887. The minimum atomic E-state index is -0.867. The van der Waals surface area contributed by atoms with Crippen LogP contribution in [0.3, 0.4) is 0 Å². The van der Waals surface area contributed by atoms with Crippen LogP contribution in [-0.4, -0.2) is 24.3 Å². The van der Waals surface area contributed by atoms with Gasteiger partial charge in [-0.25, -0.2) is 0 Å². The van der Waals surface area contributed by atoms with Crippen LogP contribution in [0.4, 0.5) is 0 Å². The monoisotopic (exact) mass is 438 g/mol. The molecule has 1 saturated carbocycles. The van der Waals surface area contributed by atoms with Crippen LogP contribution in [-0.2, 0) is 15.1 Å². The maximum atomic E-state index is 12.3. The third-order valence-corrected chi connectivity index (χ3v) is 6.51. The molecule has 0 spiro atoms. The van der Waals surface area contributed by atoms with E-state index in [2.05, 4.69) is 38.1 Å². The summed E-state index contributed by atoms with van der Waals surface area (Å²) in [5.74, 6) is 0.712. The zero-order chi connectivity index (χ0) is 22.8. The van der Waals surface area contributed by atoms with E-state index in [0.29, 0.717) is 32.3 Å². The van der Waals surface area contributed by atoms with Gasteiger partial charge < -0.3 is 14.6 Å². The Labute approximate surface area is 193 Å².